The van der Waals surface area contributed by atoms with Crippen molar-refractivity contribution < 1.29 is 14.3 Å². The lowest BCUT2D eigenvalue weighted by Crippen LogP contribution is -2.01. The Morgan fingerprint density at radius 3 is 1.50 bits per heavy atom. The Hall–Kier alpha value is -1.38. The van der Waals surface area contributed by atoms with Crippen LogP contribution in [0, 0.1) is 0 Å². The van der Waals surface area contributed by atoms with Crippen LogP contribution in [0.1, 0.15) is 97.3 Å². The first-order valence-corrected chi connectivity index (χ1v) is 9.63. The van der Waals surface area contributed by atoms with Crippen molar-refractivity contribution in [2.24, 2.45) is 0 Å². The van der Waals surface area contributed by atoms with E-state index in [9.17, 15) is 9.59 Å². The fourth-order valence-electron chi connectivity index (χ4n) is 2.93. The van der Waals surface area contributed by atoms with Gasteiger partial charge in [-0.1, -0.05) is 77.6 Å². The minimum absolute atomic E-state index is 0.425. The van der Waals surface area contributed by atoms with Crippen molar-refractivity contribution in [1.82, 2.24) is 0 Å². The molecule has 0 unspecified atom stereocenters. The number of carbonyl (C=O) groups excluding carboxylic acids is 2. The van der Waals surface area contributed by atoms with Crippen molar-refractivity contribution in [3.05, 3.63) is 24.3 Å². The predicted octanol–water partition coefficient (Wildman–Crippen LogP) is 6.28. The van der Waals surface area contributed by atoms with Gasteiger partial charge in [0.15, 0.2) is 0 Å². The van der Waals surface area contributed by atoms with Crippen LogP contribution in [-0.4, -0.2) is 11.9 Å². The van der Waals surface area contributed by atoms with Crippen molar-refractivity contribution >= 4 is 11.9 Å². The van der Waals surface area contributed by atoms with E-state index in [1.807, 2.05) is 0 Å². The Balaban J connectivity index is 0.00000254. The molecule has 0 saturated carbocycles. The molecule has 1 rings (SSSR count). The van der Waals surface area contributed by atoms with Gasteiger partial charge in [-0.05, 0) is 19.8 Å². The highest BCUT2D eigenvalue weighted by Crippen LogP contribution is 2.22. The van der Waals surface area contributed by atoms with E-state index in [0.717, 1.165) is 12.8 Å². The van der Waals surface area contributed by atoms with Gasteiger partial charge in [-0.25, -0.2) is 9.59 Å². The Morgan fingerprint density at radius 2 is 1.12 bits per heavy atom. The standard InChI is InChI=1S/C19H32O3.C2H4/c1-3-4-5-6-7-8-9-10-11-12-13-14-15-17-16(2)18(20)22-19(17)21;1-2/h3-15H2,1-2H3;1-2H2. The lowest BCUT2D eigenvalue weighted by atomic mass is 10.0. The Labute approximate surface area is 148 Å². The smallest absolute Gasteiger partial charge is 0.342 e. The molecule has 0 saturated heterocycles. The highest BCUT2D eigenvalue weighted by atomic mass is 16.6. The van der Waals surface area contributed by atoms with E-state index in [1.54, 1.807) is 6.92 Å². The van der Waals surface area contributed by atoms with Crippen LogP contribution in [0.3, 0.4) is 0 Å². The molecule has 0 bridgehead atoms. The second-order valence-electron chi connectivity index (χ2n) is 6.42. The Bertz CT molecular complexity index is 396. The highest BCUT2D eigenvalue weighted by molar-refractivity contribution is 6.11. The van der Waals surface area contributed by atoms with E-state index in [0.29, 0.717) is 17.6 Å². The maximum Gasteiger partial charge on any atom is 0.342 e. The summed E-state index contributed by atoms with van der Waals surface area (Å²) in [5.74, 6) is -0.885. The second kappa shape index (κ2) is 15.2. The van der Waals surface area contributed by atoms with Gasteiger partial charge >= 0.3 is 11.9 Å². The first kappa shape index (κ1) is 22.6. The van der Waals surface area contributed by atoms with Gasteiger partial charge in [-0.2, -0.15) is 0 Å². The molecule has 3 heteroatoms. The van der Waals surface area contributed by atoms with E-state index in [2.05, 4.69) is 24.8 Å². The van der Waals surface area contributed by atoms with Crippen LogP contribution in [0.4, 0.5) is 0 Å². The van der Waals surface area contributed by atoms with Crippen molar-refractivity contribution in [1.29, 1.82) is 0 Å². The van der Waals surface area contributed by atoms with Crippen LogP contribution in [0.5, 0.6) is 0 Å². The molecule has 0 aromatic carbocycles. The molecular weight excluding hydrogens is 300 g/mol. The lowest BCUT2D eigenvalue weighted by Gasteiger charge is -2.03. The van der Waals surface area contributed by atoms with E-state index < -0.39 is 11.9 Å². The summed E-state index contributed by atoms with van der Waals surface area (Å²) in [5, 5.41) is 0. The summed E-state index contributed by atoms with van der Waals surface area (Å²) in [6, 6.07) is 0. The van der Waals surface area contributed by atoms with Gasteiger partial charge in [-0.3, -0.25) is 0 Å². The highest BCUT2D eigenvalue weighted by Gasteiger charge is 2.28. The second-order valence-corrected chi connectivity index (χ2v) is 6.42. The van der Waals surface area contributed by atoms with Gasteiger partial charge < -0.3 is 4.74 Å². The minimum Gasteiger partial charge on any atom is -0.386 e. The van der Waals surface area contributed by atoms with E-state index >= 15 is 0 Å². The topological polar surface area (TPSA) is 43.4 Å². The molecule has 0 atom stereocenters. The summed E-state index contributed by atoms with van der Waals surface area (Å²) in [6.07, 6.45) is 16.3. The molecule has 0 radical (unpaired) electrons. The molecule has 0 aromatic rings. The number of unbranched alkanes of at least 4 members (excludes halogenated alkanes) is 11. The van der Waals surface area contributed by atoms with Gasteiger partial charge in [0, 0.05) is 11.1 Å². The van der Waals surface area contributed by atoms with Crippen molar-refractivity contribution in [2.45, 2.75) is 97.3 Å². The predicted molar refractivity (Wildman–Crippen MR) is 101 cm³/mol. The van der Waals surface area contributed by atoms with E-state index in [1.165, 1.54) is 64.2 Å². The fourth-order valence-corrected chi connectivity index (χ4v) is 2.93. The summed E-state index contributed by atoms with van der Waals surface area (Å²) < 4.78 is 4.59. The van der Waals surface area contributed by atoms with Gasteiger partial charge in [0.05, 0.1) is 0 Å². The van der Waals surface area contributed by atoms with Crippen LogP contribution in [0.2, 0.25) is 0 Å². The molecule has 0 spiro atoms. The Kier molecular flexibility index (Phi) is 14.3. The summed E-state index contributed by atoms with van der Waals surface area (Å²) in [4.78, 5) is 22.6. The summed E-state index contributed by atoms with van der Waals surface area (Å²) >= 11 is 0. The first-order chi connectivity index (χ1) is 11.7. The van der Waals surface area contributed by atoms with Crippen LogP contribution in [0.15, 0.2) is 24.3 Å². The molecule has 3 nitrogen and oxygen atoms in total. The van der Waals surface area contributed by atoms with Crippen LogP contribution < -0.4 is 0 Å². The fraction of sp³-hybridized carbons (Fsp3) is 0.714. The molecule has 1 heterocycles. The number of ether oxygens (including phenoxy) is 1. The van der Waals surface area contributed by atoms with E-state index in [4.69, 9.17) is 0 Å². The number of hydrogen-bond donors (Lipinski definition) is 0. The van der Waals surface area contributed by atoms with Crippen LogP contribution in [-0.2, 0) is 14.3 Å². The molecule has 0 fully saturated rings. The summed E-state index contributed by atoms with van der Waals surface area (Å²) in [5.41, 5.74) is 1.10. The third-order valence-corrected chi connectivity index (χ3v) is 4.47. The van der Waals surface area contributed by atoms with Gasteiger partial charge in [0.1, 0.15) is 0 Å². The SMILES string of the molecule is C=C.CCCCCCCCCCCCCCC1=C(C)C(=O)OC1=O. The zero-order chi connectivity index (χ0) is 18.2. The molecule has 0 N–H and O–H groups in total. The molecule has 1 aliphatic rings. The van der Waals surface area contributed by atoms with Crippen molar-refractivity contribution in [3.8, 4) is 0 Å². The van der Waals surface area contributed by atoms with E-state index in [-0.39, 0.29) is 0 Å². The van der Waals surface area contributed by atoms with Gasteiger partial charge in [0.2, 0.25) is 0 Å². The number of rotatable bonds is 13. The number of cyclic esters (lactones) is 2. The van der Waals surface area contributed by atoms with Gasteiger partial charge in [0.25, 0.3) is 0 Å². The van der Waals surface area contributed by atoms with Gasteiger partial charge in [-0.15, -0.1) is 13.2 Å². The average molecular weight is 337 g/mol. The third kappa shape index (κ3) is 9.69. The quantitative estimate of drug-likeness (QED) is 0.172. The molecule has 24 heavy (non-hydrogen) atoms. The molecule has 0 aromatic heterocycles. The molecule has 0 aliphatic carbocycles. The minimum atomic E-state index is -0.459. The number of hydrogen-bond acceptors (Lipinski definition) is 3. The molecular formula is C21H36O3. The zero-order valence-corrected chi connectivity index (χ0v) is 15.8. The maximum absolute atomic E-state index is 11.4. The molecule has 0 amide bonds. The first-order valence-electron chi connectivity index (χ1n) is 9.63. The Morgan fingerprint density at radius 1 is 0.708 bits per heavy atom. The summed E-state index contributed by atoms with van der Waals surface area (Å²) in [6.45, 7) is 9.94. The third-order valence-electron chi connectivity index (χ3n) is 4.47. The average Bonchev–Trinajstić information content (AvgIpc) is 2.83. The number of esters is 2. The van der Waals surface area contributed by atoms with Crippen molar-refractivity contribution in [3.63, 3.8) is 0 Å². The van der Waals surface area contributed by atoms with Crippen molar-refractivity contribution in [2.75, 3.05) is 0 Å². The largest absolute Gasteiger partial charge is 0.386 e. The maximum atomic E-state index is 11.4. The molecule has 1 aliphatic heterocycles. The summed E-state index contributed by atoms with van der Waals surface area (Å²) in [7, 11) is 0. The van der Waals surface area contributed by atoms with Crippen LogP contribution in [0.25, 0.3) is 0 Å². The normalized spacial score (nSPS) is 13.8. The van der Waals surface area contributed by atoms with Crippen LogP contribution >= 0.6 is 0 Å². The number of carbonyl (C=O) groups is 2. The molecule has 138 valence electrons. The lowest BCUT2D eigenvalue weighted by molar-refractivity contribution is -0.151. The monoisotopic (exact) mass is 336 g/mol. The zero-order valence-electron chi connectivity index (χ0n) is 15.8.